The number of aromatic nitrogens is 1. The van der Waals surface area contributed by atoms with Gasteiger partial charge in [-0.1, -0.05) is 33.6 Å². The molecule has 1 aromatic heterocycles. The van der Waals surface area contributed by atoms with Crippen LogP contribution in [0, 0.1) is 0 Å². The van der Waals surface area contributed by atoms with Crippen molar-refractivity contribution in [2.24, 2.45) is 7.05 Å². The molecule has 0 atom stereocenters. The Bertz CT molecular complexity index is 592. The highest BCUT2D eigenvalue weighted by Crippen LogP contribution is 2.31. The molecule has 0 saturated heterocycles. The standard InChI is InChI=1S/C12H9BrClNO2/c1-15-10(4-5-11(15)12(16)17)8-3-2-7(14)6-9(8)13/h2-6H,1H3,(H,16,17). The molecule has 0 amide bonds. The van der Waals surface area contributed by atoms with Gasteiger partial charge < -0.3 is 9.67 Å². The Morgan fingerprint density at radius 3 is 2.59 bits per heavy atom. The molecule has 0 aliphatic heterocycles. The molecule has 0 radical (unpaired) electrons. The summed E-state index contributed by atoms with van der Waals surface area (Å²) >= 11 is 9.29. The Hall–Kier alpha value is -1.26. The third-order valence-electron chi connectivity index (χ3n) is 2.55. The number of carboxylic acid groups (broad SMARTS) is 1. The number of carbonyl (C=O) groups is 1. The second-order valence-corrected chi connectivity index (χ2v) is 4.88. The zero-order valence-corrected chi connectivity index (χ0v) is 11.3. The van der Waals surface area contributed by atoms with Gasteiger partial charge in [-0.2, -0.15) is 0 Å². The van der Waals surface area contributed by atoms with Crippen LogP contribution in [0.25, 0.3) is 11.3 Å². The molecular weight excluding hydrogens is 305 g/mol. The van der Waals surface area contributed by atoms with Gasteiger partial charge in [-0.15, -0.1) is 0 Å². The first kappa shape index (κ1) is 12.2. The number of benzene rings is 1. The van der Waals surface area contributed by atoms with E-state index in [1.807, 2.05) is 6.07 Å². The fourth-order valence-corrected chi connectivity index (χ4v) is 2.58. The highest BCUT2D eigenvalue weighted by molar-refractivity contribution is 9.10. The SMILES string of the molecule is Cn1c(C(=O)O)ccc1-c1ccc(Cl)cc1Br. The molecule has 2 aromatic rings. The van der Waals surface area contributed by atoms with E-state index in [1.165, 1.54) is 0 Å². The van der Waals surface area contributed by atoms with E-state index in [1.54, 1.807) is 35.9 Å². The van der Waals surface area contributed by atoms with Crippen LogP contribution >= 0.6 is 27.5 Å². The Morgan fingerprint density at radius 2 is 2.06 bits per heavy atom. The second-order valence-electron chi connectivity index (χ2n) is 3.59. The summed E-state index contributed by atoms with van der Waals surface area (Å²) in [6, 6.07) is 8.77. The van der Waals surface area contributed by atoms with Crippen molar-refractivity contribution < 1.29 is 9.90 Å². The molecule has 0 spiro atoms. The number of rotatable bonds is 2. The molecule has 1 N–H and O–H groups in total. The maximum atomic E-state index is 11.0. The fourth-order valence-electron chi connectivity index (χ4n) is 1.69. The molecule has 17 heavy (non-hydrogen) atoms. The van der Waals surface area contributed by atoms with Gasteiger partial charge in [0.25, 0.3) is 0 Å². The number of hydrogen-bond donors (Lipinski definition) is 1. The topological polar surface area (TPSA) is 42.2 Å². The van der Waals surface area contributed by atoms with Crippen LogP contribution < -0.4 is 0 Å². The minimum absolute atomic E-state index is 0.252. The Morgan fingerprint density at radius 1 is 1.35 bits per heavy atom. The van der Waals surface area contributed by atoms with Crippen molar-refractivity contribution in [3.63, 3.8) is 0 Å². The molecule has 0 unspecified atom stereocenters. The smallest absolute Gasteiger partial charge is 0.352 e. The van der Waals surface area contributed by atoms with Crippen molar-refractivity contribution >= 4 is 33.5 Å². The molecular formula is C12H9BrClNO2. The molecule has 5 heteroatoms. The maximum Gasteiger partial charge on any atom is 0.352 e. The first-order chi connectivity index (χ1) is 8.00. The van der Waals surface area contributed by atoms with Gasteiger partial charge in [0.15, 0.2) is 0 Å². The summed E-state index contributed by atoms with van der Waals surface area (Å²) in [5.41, 5.74) is 1.98. The minimum Gasteiger partial charge on any atom is -0.477 e. The largest absolute Gasteiger partial charge is 0.477 e. The van der Waals surface area contributed by atoms with E-state index in [0.717, 1.165) is 15.7 Å². The lowest BCUT2D eigenvalue weighted by Gasteiger charge is -2.07. The Labute approximate surface area is 112 Å². The molecule has 1 aromatic carbocycles. The van der Waals surface area contributed by atoms with Gasteiger partial charge in [-0.25, -0.2) is 4.79 Å². The van der Waals surface area contributed by atoms with E-state index in [2.05, 4.69) is 15.9 Å². The quantitative estimate of drug-likeness (QED) is 0.916. The van der Waals surface area contributed by atoms with Crippen LogP contribution in [0.3, 0.4) is 0 Å². The number of carboxylic acids is 1. The van der Waals surface area contributed by atoms with E-state index in [-0.39, 0.29) is 5.69 Å². The van der Waals surface area contributed by atoms with Crippen LogP contribution in [0.2, 0.25) is 5.02 Å². The van der Waals surface area contributed by atoms with Crippen molar-refractivity contribution in [1.82, 2.24) is 4.57 Å². The number of aromatic carboxylic acids is 1. The predicted molar refractivity (Wildman–Crippen MR) is 70.5 cm³/mol. The van der Waals surface area contributed by atoms with Gasteiger partial charge in [-0.05, 0) is 24.3 Å². The van der Waals surface area contributed by atoms with Crippen LogP contribution in [0.4, 0.5) is 0 Å². The highest BCUT2D eigenvalue weighted by Gasteiger charge is 2.13. The highest BCUT2D eigenvalue weighted by atomic mass is 79.9. The zero-order chi connectivity index (χ0) is 12.6. The number of hydrogen-bond acceptors (Lipinski definition) is 1. The lowest BCUT2D eigenvalue weighted by Crippen LogP contribution is -2.05. The molecule has 1 heterocycles. The molecule has 3 nitrogen and oxygen atoms in total. The van der Waals surface area contributed by atoms with Gasteiger partial charge in [0.2, 0.25) is 0 Å². The van der Waals surface area contributed by atoms with E-state index >= 15 is 0 Å². The summed E-state index contributed by atoms with van der Waals surface area (Å²) in [6.45, 7) is 0. The van der Waals surface area contributed by atoms with Gasteiger partial charge in [-0.3, -0.25) is 0 Å². The molecule has 2 rings (SSSR count). The average Bonchev–Trinajstić information content (AvgIpc) is 2.60. The summed E-state index contributed by atoms with van der Waals surface area (Å²) in [7, 11) is 1.72. The molecule has 88 valence electrons. The van der Waals surface area contributed by atoms with Crippen molar-refractivity contribution in [3.05, 3.63) is 45.5 Å². The Kier molecular flexibility index (Phi) is 3.26. The molecule has 0 saturated carbocycles. The second kappa shape index (κ2) is 4.55. The van der Waals surface area contributed by atoms with E-state index in [4.69, 9.17) is 16.7 Å². The van der Waals surface area contributed by atoms with Gasteiger partial charge in [0.1, 0.15) is 5.69 Å². The first-order valence-electron chi connectivity index (χ1n) is 4.85. The zero-order valence-electron chi connectivity index (χ0n) is 8.95. The summed E-state index contributed by atoms with van der Waals surface area (Å²) < 4.78 is 2.47. The normalized spacial score (nSPS) is 10.5. The van der Waals surface area contributed by atoms with Crippen LogP contribution in [-0.2, 0) is 7.05 Å². The maximum absolute atomic E-state index is 11.0. The van der Waals surface area contributed by atoms with Crippen molar-refractivity contribution in [2.45, 2.75) is 0 Å². The van der Waals surface area contributed by atoms with Crippen LogP contribution in [-0.4, -0.2) is 15.6 Å². The summed E-state index contributed by atoms with van der Waals surface area (Å²) in [5, 5.41) is 9.62. The van der Waals surface area contributed by atoms with Crippen molar-refractivity contribution in [1.29, 1.82) is 0 Å². The lowest BCUT2D eigenvalue weighted by molar-refractivity contribution is 0.0687. The third kappa shape index (κ3) is 2.23. The lowest BCUT2D eigenvalue weighted by atomic mass is 10.1. The summed E-state index contributed by atoms with van der Waals surface area (Å²) in [4.78, 5) is 11.0. The minimum atomic E-state index is -0.941. The van der Waals surface area contributed by atoms with E-state index in [9.17, 15) is 4.79 Å². The van der Waals surface area contributed by atoms with Gasteiger partial charge in [0.05, 0.1) is 0 Å². The first-order valence-corrected chi connectivity index (χ1v) is 6.02. The summed E-state index contributed by atoms with van der Waals surface area (Å²) in [6.07, 6.45) is 0. The Balaban J connectivity index is 2.57. The molecule has 0 aliphatic rings. The number of halogens is 2. The van der Waals surface area contributed by atoms with Crippen LogP contribution in [0.5, 0.6) is 0 Å². The van der Waals surface area contributed by atoms with E-state index < -0.39 is 5.97 Å². The van der Waals surface area contributed by atoms with Crippen molar-refractivity contribution in [3.8, 4) is 11.3 Å². The van der Waals surface area contributed by atoms with Crippen LogP contribution in [0.15, 0.2) is 34.8 Å². The van der Waals surface area contributed by atoms with Gasteiger partial charge in [0, 0.05) is 27.8 Å². The van der Waals surface area contributed by atoms with Crippen molar-refractivity contribution in [2.75, 3.05) is 0 Å². The number of nitrogens with zero attached hydrogens (tertiary/aromatic N) is 1. The van der Waals surface area contributed by atoms with Crippen LogP contribution in [0.1, 0.15) is 10.5 Å². The third-order valence-corrected chi connectivity index (χ3v) is 3.44. The predicted octanol–water partition coefficient (Wildman–Crippen LogP) is 3.81. The fraction of sp³-hybridized carbons (Fsp3) is 0.0833. The molecule has 0 fully saturated rings. The summed E-state index contributed by atoms with van der Waals surface area (Å²) in [5.74, 6) is -0.941. The average molecular weight is 315 g/mol. The van der Waals surface area contributed by atoms with E-state index in [0.29, 0.717) is 5.02 Å². The van der Waals surface area contributed by atoms with Gasteiger partial charge >= 0.3 is 5.97 Å². The molecule has 0 bridgehead atoms. The monoisotopic (exact) mass is 313 g/mol. The molecule has 0 aliphatic carbocycles.